The van der Waals surface area contributed by atoms with Gasteiger partial charge in [0.15, 0.2) is 0 Å². The van der Waals surface area contributed by atoms with E-state index in [1.807, 2.05) is 6.92 Å². The second kappa shape index (κ2) is 5.80. The molecule has 0 spiro atoms. The number of aromatic carboxylic acids is 1. The van der Waals surface area contributed by atoms with Crippen LogP contribution in [-0.4, -0.2) is 49.6 Å². The molecule has 1 unspecified atom stereocenters. The molecule has 0 aromatic carbocycles. The molecule has 0 bridgehead atoms. The number of hydrogen-bond donors (Lipinski definition) is 1. The Morgan fingerprint density at radius 1 is 1.60 bits per heavy atom. The van der Waals surface area contributed by atoms with E-state index in [0.29, 0.717) is 25.3 Å². The van der Waals surface area contributed by atoms with Crippen molar-refractivity contribution in [1.29, 1.82) is 0 Å². The van der Waals surface area contributed by atoms with Gasteiger partial charge < -0.3 is 9.84 Å². The number of sulfonamides is 1. The summed E-state index contributed by atoms with van der Waals surface area (Å²) >= 11 is 0.807. The van der Waals surface area contributed by atoms with Gasteiger partial charge in [-0.2, -0.15) is 4.31 Å². The summed E-state index contributed by atoms with van der Waals surface area (Å²) in [5.41, 5.74) is 0.473. The molecule has 0 aliphatic carbocycles. The van der Waals surface area contributed by atoms with Crippen LogP contribution in [0.3, 0.4) is 0 Å². The number of carbonyl (C=O) groups is 1. The van der Waals surface area contributed by atoms with E-state index in [9.17, 15) is 13.2 Å². The Balaban J connectivity index is 2.30. The number of thiophene rings is 1. The maximum Gasteiger partial charge on any atom is 0.346 e. The maximum absolute atomic E-state index is 12.5. The highest BCUT2D eigenvalue weighted by atomic mass is 32.2. The molecule has 0 saturated carbocycles. The first kappa shape index (κ1) is 15.4. The van der Waals surface area contributed by atoms with Crippen LogP contribution in [-0.2, 0) is 14.8 Å². The molecule has 8 heteroatoms. The molecule has 1 fully saturated rings. The fourth-order valence-electron chi connectivity index (χ4n) is 2.08. The summed E-state index contributed by atoms with van der Waals surface area (Å²) in [6, 6.07) is 1.43. The van der Waals surface area contributed by atoms with E-state index in [1.54, 1.807) is 6.92 Å². The Morgan fingerprint density at radius 3 is 2.85 bits per heavy atom. The van der Waals surface area contributed by atoms with Crippen LogP contribution in [0.2, 0.25) is 0 Å². The first-order chi connectivity index (χ1) is 9.36. The highest BCUT2D eigenvalue weighted by Crippen LogP contribution is 2.29. The number of nitrogens with zero attached hydrogens (tertiary/aromatic N) is 1. The van der Waals surface area contributed by atoms with Gasteiger partial charge in [0.05, 0.1) is 12.7 Å². The molecule has 1 aromatic heterocycles. The number of carboxylic acid groups (broad SMARTS) is 1. The van der Waals surface area contributed by atoms with Gasteiger partial charge >= 0.3 is 5.97 Å². The van der Waals surface area contributed by atoms with Crippen molar-refractivity contribution in [1.82, 2.24) is 4.31 Å². The van der Waals surface area contributed by atoms with Gasteiger partial charge in [0.25, 0.3) is 10.0 Å². The van der Waals surface area contributed by atoms with Crippen LogP contribution in [0.4, 0.5) is 0 Å². The first-order valence-corrected chi connectivity index (χ1v) is 8.57. The first-order valence-electron chi connectivity index (χ1n) is 6.31. The molecular formula is C12H17NO5S2. The smallest absolute Gasteiger partial charge is 0.346 e. The third-order valence-corrected chi connectivity index (χ3v) is 6.78. The number of ether oxygens (including phenoxy) is 1. The van der Waals surface area contributed by atoms with Crippen LogP contribution in [0.25, 0.3) is 0 Å². The van der Waals surface area contributed by atoms with Crippen LogP contribution >= 0.6 is 11.3 Å². The van der Waals surface area contributed by atoms with Crippen molar-refractivity contribution in [3.63, 3.8) is 0 Å². The minimum absolute atomic E-state index is 0.0730. The summed E-state index contributed by atoms with van der Waals surface area (Å²) < 4.78 is 32.0. The lowest BCUT2D eigenvalue weighted by atomic mass is 10.2. The molecule has 20 heavy (non-hydrogen) atoms. The Kier molecular flexibility index (Phi) is 4.48. The lowest BCUT2D eigenvalue weighted by molar-refractivity contribution is -0.00272. The Morgan fingerprint density at radius 2 is 2.30 bits per heavy atom. The van der Waals surface area contributed by atoms with E-state index in [2.05, 4.69) is 0 Å². The zero-order valence-electron chi connectivity index (χ0n) is 11.3. The number of rotatable bonds is 4. The van der Waals surface area contributed by atoms with Crippen LogP contribution in [0.1, 0.15) is 28.6 Å². The van der Waals surface area contributed by atoms with Crippen molar-refractivity contribution in [3.8, 4) is 0 Å². The second-order valence-electron chi connectivity index (χ2n) is 4.65. The molecule has 2 heterocycles. The Labute approximate surface area is 122 Å². The fourth-order valence-corrected chi connectivity index (χ4v) is 5.07. The summed E-state index contributed by atoms with van der Waals surface area (Å²) in [5, 5.41) is 9.02. The molecule has 2 rings (SSSR count). The molecule has 0 radical (unpaired) electrons. The topological polar surface area (TPSA) is 83.9 Å². The molecule has 1 atom stereocenters. The number of morpholine rings is 1. The maximum atomic E-state index is 12.5. The van der Waals surface area contributed by atoms with Gasteiger partial charge in [0.1, 0.15) is 9.09 Å². The molecular weight excluding hydrogens is 302 g/mol. The predicted molar refractivity (Wildman–Crippen MR) is 74.8 cm³/mol. The Bertz CT molecular complexity index is 607. The molecule has 1 aliphatic rings. The average Bonchev–Trinajstić information content (AvgIpc) is 2.82. The minimum atomic E-state index is -3.63. The normalized spacial score (nSPS) is 21.0. The molecule has 1 N–H and O–H groups in total. The van der Waals surface area contributed by atoms with Gasteiger partial charge in [0.2, 0.25) is 0 Å². The van der Waals surface area contributed by atoms with Crippen molar-refractivity contribution in [2.45, 2.75) is 30.6 Å². The summed E-state index contributed by atoms with van der Waals surface area (Å²) in [4.78, 5) is 11.1. The number of hydrogen-bond acceptors (Lipinski definition) is 5. The highest BCUT2D eigenvalue weighted by Gasteiger charge is 2.32. The van der Waals surface area contributed by atoms with Crippen molar-refractivity contribution >= 4 is 27.3 Å². The second-order valence-corrected chi connectivity index (χ2v) is 7.86. The standard InChI is InChI=1S/C12H17NO5S2/c1-3-9-7-13(4-5-18-9)20(16,17)10-6-8(2)11(19-10)12(14)15/h6,9H,3-5,7H2,1-2H3,(H,14,15). The predicted octanol–water partition coefficient (Wildman–Crippen LogP) is 1.55. The van der Waals surface area contributed by atoms with Crippen molar-refractivity contribution in [2.24, 2.45) is 0 Å². The molecule has 0 amide bonds. The lowest BCUT2D eigenvalue weighted by Gasteiger charge is -2.31. The summed E-state index contributed by atoms with van der Waals surface area (Å²) in [7, 11) is -3.63. The minimum Gasteiger partial charge on any atom is -0.477 e. The van der Waals surface area contributed by atoms with Gasteiger partial charge in [-0.05, 0) is 25.0 Å². The Hall–Kier alpha value is -0.960. The lowest BCUT2D eigenvalue weighted by Crippen LogP contribution is -2.45. The van der Waals surface area contributed by atoms with Crippen LogP contribution in [0, 0.1) is 6.92 Å². The van der Waals surface area contributed by atoms with Gasteiger partial charge in [0, 0.05) is 13.1 Å². The molecule has 1 aliphatic heterocycles. The van der Waals surface area contributed by atoms with E-state index < -0.39 is 16.0 Å². The van der Waals surface area contributed by atoms with Gasteiger partial charge in [-0.25, -0.2) is 13.2 Å². The summed E-state index contributed by atoms with van der Waals surface area (Å²) in [6.07, 6.45) is 0.647. The third-order valence-electron chi connectivity index (χ3n) is 3.24. The van der Waals surface area contributed by atoms with E-state index in [4.69, 9.17) is 9.84 Å². The van der Waals surface area contributed by atoms with Crippen molar-refractivity contribution < 1.29 is 23.1 Å². The van der Waals surface area contributed by atoms with Gasteiger partial charge in [-0.3, -0.25) is 0 Å². The molecule has 6 nitrogen and oxygen atoms in total. The molecule has 1 aromatic rings. The van der Waals surface area contributed by atoms with E-state index in [1.165, 1.54) is 10.4 Å². The number of aryl methyl sites for hydroxylation is 1. The fraction of sp³-hybridized carbons (Fsp3) is 0.583. The van der Waals surface area contributed by atoms with Crippen LogP contribution in [0.15, 0.2) is 10.3 Å². The molecule has 1 saturated heterocycles. The summed E-state index contributed by atoms with van der Waals surface area (Å²) in [5.74, 6) is -1.10. The van der Waals surface area contributed by atoms with Crippen LogP contribution < -0.4 is 0 Å². The SMILES string of the molecule is CCC1CN(S(=O)(=O)c2cc(C)c(C(=O)O)s2)CCO1. The highest BCUT2D eigenvalue weighted by molar-refractivity contribution is 7.91. The van der Waals surface area contributed by atoms with E-state index in [0.717, 1.165) is 17.8 Å². The third kappa shape index (κ3) is 2.88. The average molecular weight is 319 g/mol. The molecule has 112 valence electrons. The number of carboxylic acids is 1. The zero-order valence-corrected chi connectivity index (χ0v) is 13.0. The summed E-state index contributed by atoms with van der Waals surface area (Å²) in [6.45, 7) is 4.54. The van der Waals surface area contributed by atoms with Crippen LogP contribution in [0.5, 0.6) is 0 Å². The quantitative estimate of drug-likeness (QED) is 0.910. The van der Waals surface area contributed by atoms with Crippen molar-refractivity contribution in [2.75, 3.05) is 19.7 Å². The van der Waals surface area contributed by atoms with Crippen molar-refractivity contribution in [3.05, 3.63) is 16.5 Å². The monoisotopic (exact) mass is 319 g/mol. The largest absolute Gasteiger partial charge is 0.477 e. The van der Waals surface area contributed by atoms with E-state index in [-0.39, 0.29) is 15.2 Å². The van der Waals surface area contributed by atoms with E-state index >= 15 is 0 Å². The zero-order chi connectivity index (χ0) is 14.9. The van der Waals surface area contributed by atoms with Gasteiger partial charge in [-0.1, -0.05) is 6.92 Å². The van der Waals surface area contributed by atoms with Gasteiger partial charge in [-0.15, -0.1) is 11.3 Å².